The van der Waals surface area contributed by atoms with Crippen LogP contribution in [-0.4, -0.2) is 19.7 Å². The average Bonchev–Trinajstić information content (AvgIpc) is 2.30. The summed E-state index contributed by atoms with van der Waals surface area (Å²) in [4.78, 5) is 0. The first-order valence-corrected chi connectivity index (χ1v) is 6.22. The summed E-state index contributed by atoms with van der Waals surface area (Å²) in [6.07, 6.45) is 0. The van der Waals surface area contributed by atoms with Gasteiger partial charge in [0.2, 0.25) is 0 Å². The van der Waals surface area contributed by atoms with Crippen LogP contribution in [-0.2, 0) is 0 Å². The SMILES string of the molecule is CCOc1ccc(NCC(C)(C)CN)cc1Cl. The second kappa shape index (κ2) is 6.12. The minimum absolute atomic E-state index is 0.0745. The lowest BCUT2D eigenvalue weighted by Crippen LogP contribution is -2.31. The molecule has 3 nitrogen and oxygen atoms in total. The molecule has 96 valence electrons. The predicted octanol–water partition coefficient (Wildman–Crippen LogP) is 3.14. The quantitative estimate of drug-likeness (QED) is 0.822. The van der Waals surface area contributed by atoms with E-state index in [0.717, 1.165) is 18.0 Å². The zero-order chi connectivity index (χ0) is 12.9. The van der Waals surface area contributed by atoms with Crippen molar-refractivity contribution in [1.29, 1.82) is 0 Å². The first-order valence-electron chi connectivity index (χ1n) is 5.85. The molecule has 0 heterocycles. The molecule has 0 radical (unpaired) electrons. The molecule has 0 spiro atoms. The van der Waals surface area contributed by atoms with Crippen LogP contribution in [0.5, 0.6) is 5.75 Å². The predicted molar refractivity (Wildman–Crippen MR) is 73.9 cm³/mol. The largest absolute Gasteiger partial charge is 0.492 e. The van der Waals surface area contributed by atoms with E-state index in [1.165, 1.54) is 0 Å². The Morgan fingerprint density at radius 3 is 2.65 bits per heavy atom. The van der Waals surface area contributed by atoms with Gasteiger partial charge in [-0.05, 0) is 37.1 Å². The highest BCUT2D eigenvalue weighted by atomic mass is 35.5. The summed E-state index contributed by atoms with van der Waals surface area (Å²) in [6, 6.07) is 5.71. The summed E-state index contributed by atoms with van der Waals surface area (Å²) in [6.45, 7) is 8.25. The highest BCUT2D eigenvalue weighted by Crippen LogP contribution is 2.28. The van der Waals surface area contributed by atoms with Crippen LogP contribution in [0.4, 0.5) is 5.69 Å². The molecule has 0 saturated carbocycles. The number of nitrogens with one attached hydrogen (secondary N) is 1. The fourth-order valence-corrected chi connectivity index (χ4v) is 1.53. The van der Waals surface area contributed by atoms with Crippen LogP contribution in [0, 0.1) is 5.41 Å². The van der Waals surface area contributed by atoms with Gasteiger partial charge < -0.3 is 15.8 Å². The van der Waals surface area contributed by atoms with Crippen molar-refractivity contribution in [2.45, 2.75) is 20.8 Å². The molecule has 0 aliphatic carbocycles. The lowest BCUT2D eigenvalue weighted by atomic mass is 9.94. The van der Waals surface area contributed by atoms with Gasteiger partial charge in [0, 0.05) is 12.2 Å². The van der Waals surface area contributed by atoms with E-state index in [1.807, 2.05) is 25.1 Å². The maximum Gasteiger partial charge on any atom is 0.138 e. The van der Waals surface area contributed by atoms with E-state index in [0.29, 0.717) is 18.2 Å². The van der Waals surface area contributed by atoms with Crippen LogP contribution in [0.1, 0.15) is 20.8 Å². The fraction of sp³-hybridized carbons (Fsp3) is 0.538. The van der Waals surface area contributed by atoms with Crippen molar-refractivity contribution in [3.63, 3.8) is 0 Å². The highest BCUT2D eigenvalue weighted by molar-refractivity contribution is 6.32. The molecule has 1 aromatic carbocycles. The number of anilines is 1. The molecule has 0 fully saturated rings. The summed E-state index contributed by atoms with van der Waals surface area (Å²) in [5, 5.41) is 3.95. The molecular formula is C13H21ClN2O. The highest BCUT2D eigenvalue weighted by Gasteiger charge is 2.15. The monoisotopic (exact) mass is 256 g/mol. The fourth-order valence-electron chi connectivity index (χ4n) is 1.30. The van der Waals surface area contributed by atoms with Crippen LogP contribution < -0.4 is 15.8 Å². The molecule has 1 aromatic rings. The van der Waals surface area contributed by atoms with Gasteiger partial charge in [-0.15, -0.1) is 0 Å². The molecule has 0 saturated heterocycles. The van der Waals surface area contributed by atoms with Gasteiger partial charge in [0.1, 0.15) is 5.75 Å². The Kier molecular flexibility index (Phi) is 5.09. The Bertz CT molecular complexity index is 366. The van der Waals surface area contributed by atoms with Crippen LogP contribution in [0.2, 0.25) is 5.02 Å². The van der Waals surface area contributed by atoms with Gasteiger partial charge in [-0.25, -0.2) is 0 Å². The van der Waals surface area contributed by atoms with E-state index in [2.05, 4.69) is 19.2 Å². The van der Waals surface area contributed by atoms with E-state index in [9.17, 15) is 0 Å². The van der Waals surface area contributed by atoms with E-state index in [4.69, 9.17) is 22.1 Å². The topological polar surface area (TPSA) is 47.3 Å². The average molecular weight is 257 g/mol. The van der Waals surface area contributed by atoms with E-state index >= 15 is 0 Å². The second-order valence-corrected chi connectivity index (χ2v) is 5.21. The van der Waals surface area contributed by atoms with E-state index in [-0.39, 0.29) is 5.41 Å². The van der Waals surface area contributed by atoms with Gasteiger partial charge in [0.05, 0.1) is 11.6 Å². The van der Waals surface area contributed by atoms with Crippen molar-refractivity contribution in [3.05, 3.63) is 23.2 Å². The molecule has 3 N–H and O–H groups in total. The Morgan fingerprint density at radius 2 is 2.12 bits per heavy atom. The molecule has 0 amide bonds. The lowest BCUT2D eigenvalue weighted by molar-refractivity contribution is 0.340. The number of nitrogens with two attached hydrogens (primary N) is 1. The van der Waals surface area contributed by atoms with Crippen LogP contribution >= 0.6 is 11.6 Å². The Morgan fingerprint density at radius 1 is 1.41 bits per heavy atom. The molecule has 0 atom stereocenters. The van der Waals surface area contributed by atoms with Crippen LogP contribution in [0.15, 0.2) is 18.2 Å². The molecule has 0 unspecified atom stereocenters. The molecular weight excluding hydrogens is 236 g/mol. The van der Waals surface area contributed by atoms with Crippen LogP contribution in [0.3, 0.4) is 0 Å². The Labute approximate surface area is 108 Å². The molecule has 0 bridgehead atoms. The van der Waals surface area contributed by atoms with Crippen molar-refractivity contribution in [1.82, 2.24) is 0 Å². The summed E-state index contributed by atoms with van der Waals surface area (Å²) in [7, 11) is 0. The van der Waals surface area contributed by atoms with Crippen molar-refractivity contribution in [2.24, 2.45) is 11.1 Å². The Hall–Kier alpha value is -0.930. The number of ether oxygens (including phenoxy) is 1. The molecule has 0 aliphatic rings. The number of halogens is 1. The van der Waals surface area contributed by atoms with Gasteiger partial charge in [-0.2, -0.15) is 0 Å². The minimum Gasteiger partial charge on any atom is -0.492 e. The number of hydrogen-bond acceptors (Lipinski definition) is 3. The van der Waals surface area contributed by atoms with Gasteiger partial charge in [-0.3, -0.25) is 0 Å². The van der Waals surface area contributed by atoms with Crippen molar-refractivity contribution in [3.8, 4) is 5.75 Å². The summed E-state index contributed by atoms with van der Waals surface area (Å²) in [5.41, 5.74) is 6.74. The number of rotatable bonds is 6. The first kappa shape index (κ1) is 14.1. The number of benzene rings is 1. The van der Waals surface area contributed by atoms with Crippen molar-refractivity contribution >= 4 is 17.3 Å². The summed E-state index contributed by atoms with van der Waals surface area (Å²) < 4.78 is 5.38. The molecule has 1 rings (SSSR count). The lowest BCUT2D eigenvalue weighted by Gasteiger charge is -2.23. The first-order chi connectivity index (χ1) is 7.98. The normalized spacial score (nSPS) is 11.4. The zero-order valence-corrected chi connectivity index (χ0v) is 11.5. The number of hydrogen-bond donors (Lipinski definition) is 2. The van der Waals surface area contributed by atoms with Crippen LogP contribution in [0.25, 0.3) is 0 Å². The summed E-state index contributed by atoms with van der Waals surface area (Å²) in [5.74, 6) is 0.720. The molecule has 0 aliphatic heterocycles. The van der Waals surface area contributed by atoms with Gasteiger partial charge in [0.25, 0.3) is 0 Å². The molecule has 17 heavy (non-hydrogen) atoms. The summed E-state index contributed by atoms with van der Waals surface area (Å²) >= 11 is 6.10. The minimum atomic E-state index is 0.0745. The van der Waals surface area contributed by atoms with Gasteiger partial charge >= 0.3 is 0 Å². The van der Waals surface area contributed by atoms with E-state index < -0.39 is 0 Å². The van der Waals surface area contributed by atoms with E-state index in [1.54, 1.807) is 0 Å². The standard InChI is InChI=1S/C13H21ClN2O/c1-4-17-12-6-5-10(7-11(12)14)16-9-13(2,3)8-15/h5-7,16H,4,8-9,15H2,1-3H3. The zero-order valence-electron chi connectivity index (χ0n) is 10.7. The molecule has 4 heteroatoms. The van der Waals surface area contributed by atoms with Gasteiger partial charge in [0.15, 0.2) is 0 Å². The maximum atomic E-state index is 6.10. The second-order valence-electron chi connectivity index (χ2n) is 4.80. The van der Waals surface area contributed by atoms with Crippen molar-refractivity contribution < 1.29 is 4.74 Å². The third-order valence-electron chi connectivity index (χ3n) is 2.56. The smallest absolute Gasteiger partial charge is 0.138 e. The van der Waals surface area contributed by atoms with Crippen molar-refractivity contribution in [2.75, 3.05) is 25.0 Å². The third kappa shape index (κ3) is 4.44. The maximum absolute atomic E-state index is 6.10. The Balaban J connectivity index is 2.64. The molecule has 0 aromatic heterocycles. The third-order valence-corrected chi connectivity index (χ3v) is 2.85. The van der Waals surface area contributed by atoms with Gasteiger partial charge in [-0.1, -0.05) is 25.4 Å².